The lowest BCUT2D eigenvalue weighted by molar-refractivity contribution is 0.646. The third kappa shape index (κ3) is 6.27. The van der Waals surface area contributed by atoms with Crippen molar-refractivity contribution >= 4 is 5.96 Å². The van der Waals surface area contributed by atoms with Crippen molar-refractivity contribution in [3.05, 3.63) is 18.0 Å². The summed E-state index contributed by atoms with van der Waals surface area (Å²) in [6.07, 6.45) is 6.86. The van der Waals surface area contributed by atoms with E-state index in [4.69, 9.17) is 0 Å². The third-order valence-electron chi connectivity index (χ3n) is 2.99. The molecule has 1 heterocycles. The highest BCUT2D eigenvalue weighted by Gasteiger charge is 1.99. The standard InChI is InChI=1S/C14H27N5/c1-4-6-7-8-10-16-14(15-5-2)17-12-13-9-11-18-19(13)3/h9,11H,4-8,10,12H2,1-3H3,(H2,15,16,17). The van der Waals surface area contributed by atoms with Crippen molar-refractivity contribution in [1.29, 1.82) is 0 Å². The SMILES string of the molecule is CCCCCCNC(=NCc1ccnn1C)NCC. The lowest BCUT2D eigenvalue weighted by atomic mass is 10.2. The largest absolute Gasteiger partial charge is 0.357 e. The summed E-state index contributed by atoms with van der Waals surface area (Å²) in [6.45, 7) is 6.83. The van der Waals surface area contributed by atoms with E-state index in [0.29, 0.717) is 6.54 Å². The minimum absolute atomic E-state index is 0.654. The fourth-order valence-corrected chi connectivity index (χ4v) is 1.82. The van der Waals surface area contributed by atoms with Crippen LogP contribution in [0.15, 0.2) is 17.3 Å². The number of hydrogen-bond donors (Lipinski definition) is 2. The van der Waals surface area contributed by atoms with Crippen LogP contribution in [0.1, 0.15) is 45.2 Å². The smallest absolute Gasteiger partial charge is 0.191 e. The highest BCUT2D eigenvalue weighted by Crippen LogP contribution is 1.99. The van der Waals surface area contributed by atoms with Gasteiger partial charge in [-0.2, -0.15) is 5.10 Å². The number of hydrogen-bond acceptors (Lipinski definition) is 2. The van der Waals surface area contributed by atoms with Gasteiger partial charge in [0, 0.05) is 26.3 Å². The van der Waals surface area contributed by atoms with Crippen LogP contribution >= 0.6 is 0 Å². The maximum absolute atomic E-state index is 4.57. The van der Waals surface area contributed by atoms with Gasteiger partial charge in [-0.05, 0) is 19.4 Å². The summed E-state index contributed by atoms with van der Waals surface area (Å²) in [5.74, 6) is 0.889. The van der Waals surface area contributed by atoms with E-state index in [0.717, 1.165) is 24.7 Å². The molecule has 0 aromatic carbocycles. The summed E-state index contributed by atoms with van der Waals surface area (Å²) in [6, 6.07) is 1.99. The number of unbranched alkanes of at least 4 members (excludes halogenated alkanes) is 3. The Kier molecular flexibility index (Phi) is 7.70. The Bertz CT molecular complexity index is 370. The minimum Gasteiger partial charge on any atom is -0.357 e. The van der Waals surface area contributed by atoms with Crippen molar-refractivity contribution < 1.29 is 0 Å². The zero-order valence-electron chi connectivity index (χ0n) is 12.4. The van der Waals surface area contributed by atoms with Gasteiger partial charge in [0.25, 0.3) is 0 Å². The minimum atomic E-state index is 0.654. The van der Waals surface area contributed by atoms with Crippen LogP contribution in [-0.2, 0) is 13.6 Å². The van der Waals surface area contributed by atoms with E-state index in [1.54, 1.807) is 6.20 Å². The van der Waals surface area contributed by atoms with Crippen LogP contribution in [0.2, 0.25) is 0 Å². The van der Waals surface area contributed by atoms with E-state index in [1.807, 2.05) is 17.8 Å². The second-order valence-corrected chi connectivity index (χ2v) is 4.63. The number of guanidine groups is 1. The van der Waals surface area contributed by atoms with Gasteiger partial charge in [0.2, 0.25) is 0 Å². The number of nitrogens with one attached hydrogen (secondary N) is 2. The Balaban J connectivity index is 2.36. The van der Waals surface area contributed by atoms with E-state index >= 15 is 0 Å². The monoisotopic (exact) mass is 265 g/mol. The van der Waals surface area contributed by atoms with Gasteiger partial charge in [-0.3, -0.25) is 4.68 Å². The third-order valence-corrected chi connectivity index (χ3v) is 2.99. The van der Waals surface area contributed by atoms with E-state index in [-0.39, 0.29) is 0 Å². The Morgan fingerprint density at radius 3 is 2.74 bits per heavy atom. The molecular formula is C14H27N5. The van der Waals surface area contributed by atoms with Crippen LogP contribution in [0.3, 0.4) is 0 Å². The van der Waals surface area contributed by atoms with Crippen molar-refractivity contribution in [2.75, 3.05) is 13.1 Å². The highest BCUT2D eigenvalue weighted by molar-refractivity contribution is 5.79. The highest BCUT2D eigenvalue weighted by atomic mass is 15.3. The first-order valence-corrected chi connectivity index (χ1v) is 7.27. The molecule has 0 amide bonds. The lowest BCUT2D eigenvalue weighted by Gasteiger charge is -2.11. The number of aromatic nitrogens is 2. The number of aryl methyl sites for hydroxylation is 1. The summed E-state index contributed by atoms with van der Waals surface area (Å²) in [7, 11) is 1.94. The molecule has 0 saturated carbocycles. The Morgan fingerprint density at radius 1 is 1.26 bits per heavy atom. The molecule has 0 aliphatic heterocycles. The zero-order valence-corrected chi connectivity index (χ0v) is 12.4. The van der Waals surface area contributed by atoms with Gasteiger partial charge in [-0.15, -0.1) is 0 Å². The summed E-state index contributed by atoms with van der Waals surface area (Å²) in [4.78, 5) is 4.57. The topological polar surface area (TPSA) is 54.2 Å². The second kappa shape index (κ2) is 9.42. The molecule has 0 bridgehead atoms. The number of aliphatic imine (C=N–C) groups is 1. The van der Waals surface area contributed by atoms with Crippen LogP contribution in [0.4, 0.5) is 0 Å². The van der Waals surface area contributed by atoms with Crippen molar-refractivity contribution in [3.8, 4) is 0 Å². The van der Waals surface area contributed by atoms with Crippen molar-refractivity contribution in [2.45, 2.75) is 46.1 Å². The van der Waals surface area contributed by atoms with Crippen LogP contribution in [-0.4, -0.2) is 28.8 Å². The van der Waals surface area contributed by atoms with E-state index in [1.165, 1.54) is 25.7 Å². The molecule has 5 heteroatoms. The molecule has 2 N–H and O–H groups in total. The molecule has 0 radical (unpaired) electrons. The maximum Gasteiger partial charge on any atom is 0.191 e. The molecule has 0 saturated heterocycles. The molecule has 108 valence electrons. The predicted molar refractivity (Wildman–Crippen MR) is 80.2 cm³/mol. The molecule has 0 unspecified atom stereocenters. The molecule has 1 rings (SSSR count). The zero-order chi connectivity index (χ0) is 13.9. The second-order valence-electron chi connectivity index (χ2n) is 4.63. The Hall–Kier alpha value is -1.52. The van der Waals surface area contributed by atoms with Gasteiger partial charge < -0.3 is 10.6 Å². The molecular weight excluding hydrogens is 238 g/mol. The van der Waals surface area contributed by atoms with Gasteiger partial charge in [-0.1, -0.05) is 26.2 Å². The normalized spacial score (nSPS) is 11.6. The Labute approximate surface area is 116 Å². The van der Waals surface area contributed by atoms with Crippen LogP contribution in [0, 0.1) is 0 Å². The molecule has 5 nitrogen and oxygen atoms in total. The molecule has 19 heavy (non-hydrogen) atoms. The fourth-order valence-electron chi connectivity index (χ4n) is 1.82. The average molecular weight is 265 g/mol. The summed E-state index contributed by atoms with van der Waals surface area (Å²) < 4.78 is 1.86. The van der Waals surface area contributed by atoms with Gasteiger partial charge >= 0.3 is 0 Å². The lowest BCUT2D eigenvalue weighted by Crippen LogP contribution is -2.37. The number of rotatable bonds is 8. The van der Waals surface area contributed by atoms with Crippen LogP contribution in [0.25, 0.3) is 0 Å². The fraction of sp³-hybridized carbons (Fsp3) is 0.714. The summed E-state index contributed by atoms with van der Waals surface area (Å²) >= 11 is 0. The summed E-state index contributed by atoms with van der Waals surface area (Å²) in [5.41, 5.74) is 1.11. The van der Waals surface area contributed by atoms with Crippen molar-refractivity contribution in [1.82, 2.24) is 20.4 Å². The summed E-state index contributed by atoms with van der Waals surface area (Å²) in [5, 5.41) is 10.8. The first-order chi connectivity index (χ1) is 9.27. The molecule has 0 fully saturated rings. The maximum atomic E-state index is 4.57. The van der Waals surface area contributed by atoms with Gasteiger partial charge in [0.1, 0.15) is 0 Å². The van der Waals surface area contributed by atoms with Gasteiger partial charge in [-0.25, -0.2) is 4.99 Å². The van der Waals surface area contributed by atoms with Crippen LogP contribution in [0.5, 0.6) is 0 Å². The van der Waals surface area contributed by atoms with Gasteiger partial charge in [0.15, 0.2) is 5.96 Å². The molecule has 0 spiro atoms. The first kappa shape index (κ1) is 15.5. The predicted octanol–water partition coefficient (Wildman–Crippen LogP) is 2.06. The molecule has 0 aliphatic rings. The van der Waals surface area contributed by atoms with E-state index in [2.05, 4.69) is 34.6 Å². The van der Waals surface area contributed by atoms with Crippen molar-refractivity contribution in [2.24, 2.45) is 12.0 Å². The number of nitrogens with zero attached hydrogens (tertiary/aromatic N) is 3. The van der Waals surface area contributed by atoms with Gasteiger partial charge in [0.05, 0.1) is 12.2 Å². The molecule has 0 aliphatic carbocycles. The average Bonchev–Trinajstić information content (AvgIpc) is 2.81. The van der Waals surface area contributed by atoms with Crippen molar-refractivity contribution in [3.63, 3.8) is 0 Å². The Morgan fingerprint density at radius 2 is 2.11 bits per heavy atom. The molecule has 1 aromatic rings. The van der Waals surface area contributed by atoms with E-state index in [9.17, 15) is 0 Å². The molecule has 0 atom stereocenters. The first-order valence-electron chi connectivity index (χ1n) is 7.27. The van der Waals surface area contributed by atoms with Crippen LogP contribution < -0.4 is 10.6 Å². The molecule has 1 aromatic heterocycles. The van der Waals surface area contributed by atoms with E-state index < -0.39 is 0 Å². The quantitative estimate of drug-likeness (QED) is 0.430.